The van der Waals surface area contributed by atoms with Gasteiger partial charge in [-0.1, -0.05) is 12.1 Å². The van der Waals surface area contributed by atoms with Crippen LogP contribution in [0.4, 0.5) is 5.69 Å². The van der Waals surface area contributed by atoms with Crippen LogP contribution in [-0.4, -0.2) is 31.3 Å². The smallest absolute Gasteiger partial charge is 0.193 e. The molecule has 6 nitrogen and oxygen atoms in total. The molecule has 1 aliphatic rings. The largest absolute Gasteiger partial charge is 0.491 e. The third-order valence-electron chi connectivity index (χ3n) is 3.53. The van der Waals surface area contributed by atoms with Gasteiger partial charge in [-0.15, -0.1) is 24.0 Å². The summed E-state index contributed by atoms with van der Waals surface area (Å²) in [6, 6.07) is 15.2. The van der Waals surface area contributed by atoms with Crippen molar-refractivity contribution in [1.82, 2.24) is 0 Å². The summed E-state index contributed by atoms with van der Waals surface area (Å²) in [5.41, 5.74) is 6.80. The molecule has 3 N–H and O–H groups in total. The highest BCUT2D eigenvalue weighted by Crippen LogP contribution is 2.30. The molecule has 0 amide bonds. The van der Waals surface area contributed by atoms with Crippen LogP contribution in [0.15, 0.2) is 53.5 Å². The quantitative estimate of drug-likeness (QED) is 0.397. The van der Waals surface area contributed by atoms with Gasteiger partial charge in [0.05, 0.1) is 12.6 Å². The second-order valence-corrected chi connectivity index (χ2v) is 6.04. The summed E-state index contributed by atoms with van der Waals surface area (Å²) in [5, 5.41) is 3.06. The summed E-state index contributed by atoms with van der Waals surface area (Å²) >= 11 is 0. The number of nitrogens with two attached hydrogens (primary N) is 1. The summed E-state index contributed by atoms with van der Waals surface area (Å²) in [5.74, 6) is 2.65. The van der Waals surface area contributed by atoms with Gasteiger partial charge in [0, 0.05) is 5.69 Å². The van der Waals surface area contributed by atoms with Gasteiger partial charge >= 0.3 is 0 Å². The van der Waals surface area contributed by atoms with Crippen molar-refractivity contribution in [3.8, 4) is 17.2 Å². The van der Waals surface area contributed by atoms with Crippen molar-refractivity contribution in [3.63, 3.8) is 0 Å². The zero-order chi connectivity index (χ0) is 17.6. The number of nitrogens with zero attached hydrogens (tertiary/aromatic N) is 1. The van der Waals surface area contributed by atoms with Gasteiger partial charge in [-0.05, 0) is 50.2 Å². The summed E-state index contributed by atoms with van der Waals surface area (Å²) in [4.78, 5) is 4.33. The van der Waals surface area contributed by atoms with E-state index in [1.165, 1.54) is 0 Å². The molecule has 0 saturated heterocycles. The average Bonchev–Trinajstić information content (AvgIpc) is 2.61. The number of nitrogens with one attached hydrogen (secondary N) is 1. The molecule has 1 heterocycles. The minimum absolute atomic E-state index is 0. The molecule has 26 heavy (non-hydrogen) atoms. The standard InChI is InChI=1S/C19H23N3O3.HI/c1-13(2)24-15-9-7-14(8-10-15)22-19(20)21-11-16-12-23-17-5-3-4-6-18(17)25-16;/h3-10,13,16H,11-12H2,1-2H3,(H3,20,21,22);1H. The molecule has 0 radical (unpaired) electrons. The van der Waals surface area contributed by atoms with Gasteiger partial charge < -0.3 is 25.3 Å². The first-order valence-corrected chi connectivity index (χ1v) is 8.32. The first-order valence-electron chi connectivity index (χ1n) is 8.32. The SMILES string of the molecule is CC(C)Oc1ccc(NC(N)=NCC2COc3ccccc3O2)cc1.I. The van der Waals surface area contributed by atoms with Crippen molar-refractivity contribution in [3.05, 3.63) is 48.5 Å². The Balaban J connectivity index is 0.00000243. The number of anilines is 1. The predicted octanol–water partition coefficient (Wildman–Crippen LogP) is 3.66. The fourth-order valence-corrected chi connectivity index (χ4v) is 2.43. The highest BCUT2D eigenvalue weighted by atomic mass is 127. The third-order valence-corrected chi connectivity index (χ3v) is 3.53. The molecule has 1 aliphatic heterocycles. The first-order chi connectivity index (χ1) is 12.1. The minimum Gasteiger partial charge on any atom is -0.491 e. The van der Waals surface area contributed by atoms with Crippen LogP contribution >= 0.6 is 24.0 Å². The van der Waals surface area contributed by atoms with E-state index in [0.29, 0.717) is 19.1 Å². The lowest BCUT2D eigenvalue weighted by Crippen LogP contribution is -2.33. The molecule has 7 heteroatoms. The lowest BCUT2D eigenvalue weighted by molar-refractivity contribution is 0.0972. The van der Waals surface area contributed by atoms with E-state index in [1.807, 2.05) is 62.4 Å². The highest BCUT2D eigenvalue weighted by molar-refractivity contribution is 14.0. The fraction of sp³-hybridized carbons (Fsp3) is 0.316. The third kappa shape index (κ3) is 5.69. The Morgan fingerprint density at radius 1 is 1.19 bits per heavy atom. The van der Waals surface area contributed by atoms with Gasteiger partial charge in [0.1, 0.15) is 12.4 Å². The minimum atomic E-state index is -0.155. The number of ether oxygens (including phenoxy) is 3. The van der Waals surface area contributed by atoms with E-state index in [0.717, 1.165) is 22.9 Å². The van der Waals surface area contributed by atoms with Crippen molar-refractivity contribution >= 4 is 35.6 Å². The second kappa shape index (κ2) is 9.51. The van der Waals surface area contributed by atoms with Crippen LogP contribution in [0.5, 0.6) is 17.2 Å². The van der Waals surface area contributed by atoms with E-state index >= 15 is 0 Å². The molecule has 0 fully saturated rings. The number of halogens is 1. The molecule has 1 atom stereocenters. The summed E-state index contributed by atoms with van der Waals surface area (Å²) in [6.07, 6.45) is -0.00893. The van der Waals surface area contributed by atoms with Crippen LogP contribution in [0.1, 0.15) is 13.8 Å². The molecule has 0 bridgehead atoms. The van der Waals surface area contributed by atoms with E-state index in [2.05, 4.69) is 10.3 Å². The highest BCUT2D eigenvalue weighted by Gasteiger charge is 2.20. The Labute approximate surface area is 170 Å². The van der Waals surface area contributed by atoms with Crippen molar-refractivity contribution in [2.24, 2.45) is 10.7 Å². The Morgan fingerprint density at radius 3 is 2.58 bits per heavy atom. The molecule has 0 saturated carbocycles. The summed E-state index contributed by atoms with van der Waals surface area (Å²) in [6.45, 7) is 4.86. The van der Waals surface area contributed by atoms with E-state index in [-0.39, 0.29) is 36.2 Å². The molecule has 3 rings (SSSR count). The number of rotatable bonds is 5. The van der Waals surface area contributed by atoms with E-state index in [9.17, 15) is 0 Å². The van der Waals surface area contributed by atoms with Gasteiger partial charge in [-0.25, -0.2) is 4.99 Å². The number of hydrogen-bond acceptors (Lipinski definition) is 4. The van der Waals surface area contributed by atoms with Gasteiger partial charge in [-0.3, -0.25) is 0 Å². The van der Waals surface area contributed by atoms with Crippen molar-refractivity contribution in [1.29, 1.82) is 0 Å². The molecule has 2 aromatic carbocycles. The van der Waals surface area contributed by atoms with Crippen LogP contribution in [0, 0.1) is 0 Å². The van der Waals surface area contributed by atoms with Crippen molar-refractivity contribution in [2.45, 2.75) is 26.1 Å². The molecule has 2 aromatic rings. The van der Waals surface area contributed by atoms with Gasteiger partial charge in [-0.2, -0.15) is 0 Å². The first kappa shape index (κ1) is 20.2. The van der Waals surface area contributed by atoms with E-state index in [1.54, 1.807) is 0 Å². The second-order valence-electron chi connectivity index (χ2n) is 6.04. The average molecular weight is 469 g/mol. The maximum atomic E-state index is 5.95. The molecular weight excluding hydrogens is 445 g/mol. The number of hydrogen-bond donors (Lipinski definition) is 2. The molecule has 0 aromatic heterocycles. The molecule has 0 spiro atoms. The maximum absolute atomic E-state index is 5.95. The van der Waals surface area contributed by atoms with E-state index in [4.69, 9.17) is 19.9 Å². The van der Waals surface area contributed by atoms with Crippen LogP contribution in [0.2, 0.25) is 0 Å². The summed E-state index contributed by atoms with van der Waals surface area (Å²) in [7, 11) is 0. The number of fused-ring (bicyclic) bond motifs is 1. The van der Waals surface area contributed by atoms with Crippen LogP contribution in [0.3, 0.4) is 0 Å². The van der Waals surface area contributed by atoms with Gasteiger partial charge in [0.25, 0.3) is 0 Å². The number of aliphatic imine (C=N–C) groups is 1. The Bertz CT molecular complexity index is 735. The summed E-state index contributed by atoms with van der Waals surface area (Å²) < 4.78 is 17.1. The van der Waals surface area contributed by atoms with Crippen LogP contribution in [0.25, 0.3) is 0 Å². The van der Waals surface area contributed by atoms with Crippen molar-refractivity contribution in [2.75, 3.05) is 18.5 Å². The van der Waals surface area contributed by atoms with Crippen LogP contribution < -0.4 is 25.3 Å². The Hall–Kier alpha value is -2.16. The number of para-hydroxylation sites is 2. The van der Waals surface area contributed by atoms with Gasteiger partial charge in [0.2, 0.25) is 0 Å². The van der Waals surface area contributed by atoms with Crippen LogP contribution in [-0.2, 0) is 0 Å². The zero-order valence-electron chi connectivity index (χ0n) is 14.8. The fourth-order valence-electron chi connectivity index (χ4n) is 2.43. The molecular formula is C19H24IN3O3. The lowest BCUT2D eigenvalue weighted by atomic mass is 10.2. The molecule has 1 unspecified atom stereocenters. The number of benzene rings is 2. The zero-order valence-corrected chi connectivity index (χ0v) is 17.2. The monoisotopic (exact) mass is 469 g/mol. The molecule has 0 aliphatic carbocycles. The predicted molar refractivity (Wildman–Crippen MR) is 114 cm³/mol. The Kier molecular flexibility index (Phi) is 7.38. The van der Waals surface area contributed by atoms with Crippen molar-refractivity contribution < 1.29 is 14.2 Å². The lowest BCUT2D eigenvalue weighted by Gasteiger charge is -2.25. The topological polar surface area (TPSA) is 78.1 Å². The molecule has 140 valence electrons. The van der Waals surface area contributed by atoms with Gasteiger partial charge in [0.15, 0.2) is 23.6 Å². The Morgan fingerprint density at radius 2 is 1.88 bits per heavy atom. The normalized spacial score (nSPS) is 16.0. The maximum Gasteiger partial charge on any atom is 0.193 e. The number of guanidine groups is 1. The van der Waals surface area contributed by atoms with E-state index < -0.39 is 0 Å².